The fourth-order valence-corrected chi connectivity index (χ4v) is 3.46. The Labute approximate surface area is 191 Å². The first kappa shape index (κ1) is 21.9. The number of nitrogens with two attached hydrogens (primary N) is 1. The topological polar surface area (TPSA) is 85.9 Å². The molecule has 30 heavy (non-hydrogen) atoms. The number of hydrogen-bond donors (Lipinski definition) is 2. The van der Waals surface area contributed by atoms with Crippen LogP contribution in [0.3, 0.4) is 0 Å². The highest BCUT2D eigenvalue weighted by Gasteiger charge is 2.12. The first-order valence-corrected chi connectivity index (χ1v) is 10.5. The van der Waals surface area contributed by atoms with E-state index in [1.54, 1.807) is 37.4 Å². The second-order valence-electron chi connectivity index (χ2n) is 6.24. The number of hydrogen-bond acceptors (Lipinski definition) is 5. The van der Waals surface area contributed by atoms with Gasteiger partial charge in [-0.15, -0.1) is 0 Å². The number of rotatable bonds is 7. The van der Waals surface area contributed by atoms with E-state index in [1.165, 1.54) is 6.21 Å². The molecule has 0 bridgehead atoms. The molecule has 0 heterocycles. The second kappa shape index (κ2) is 10.3. The second-order valence-corrected chi connectivity index (χ2v) is 8.01. The number of ether oxygens (including phenoxy) is 2. The predicted molar refractivity (Wildman–Crippen MR) is 125 cm³/mol. The van der Waals surface area contributed by atoms with Gasteiger partial charge in [-0.2, -0.15) is 5.10 Å². The summed E-state index contributed by atoms with van der Waals surface area (Å²) in [6, 6.07) is 18.3. The van der Waals surface area contributed by atoms with Gasteiger partial charge in [-0.3, -0.25) is 4.79 Å². The van der Waals surface area contributed by atoms with Crippen molar-refractivity contribution in [2.24, 2.45) is 5.10 Å². The molecule has 0 radical (unpaired) electrons. The summed E-state index contributed by atoms with van der Waals surface area (Å²) in [5.74, 6) is 0.741. The maximum absolute atomic E-state index is 12.2. The molecule has 3 rings (SSSR count). The van der Waals surface area contributed by atoms with Crippen LogP contribution in [0.1, 0.15) is 21.5 Å². The zero-order chi connectivity index (χ0) is 21.5. The van der Waals surface area contributed by atoms with E-state index in [0.29, 0.717) is 33.8 Å². The van der Waals surface area contributed by atoms with Gasteiger partial charge in [0.1, 0.15) is 6.61 Å². The quantitative estimate of drug-likeness (QED) is 0.250. The van der Waals surface area contributed by atoms with Crippen LogP contribution < -0.4 is 20.6 Å². The lowest BCUT2D eigenvalue weighted by Crippen LogP contribution is -2.19. The van der Waals surface area contributed by atoms with E-state index in [-0.39, 0.29) is 5.91 Å². The van der Waals surface area contributed by atoms with E-state index in [1.807, 2.05) is 30.3 Å². The van der Waals surface area contributed by atoms with Crippen molar-refractivity contribution in [3.63, 3.8) is 0 Å². The van der Waals surface area contributed by atoms with Gasteiger partial charge in [0.15, 0.2) is 11.5 Å². The summed E-state index contributed by atoms with van der Waals surface area (Å²) < 4.78 is 13.1. The number of methoxy groups -OCH3 is 1. The molecule has 0 spiro atoms. The summed E-state index contributed by atoms with van der Waals surface area (Å²) >= 11 is 6.93. The third-order valence-electron chi connectivity index (χ3n) is 4.13. The maximum Gasteiger partial charge on any atom is 0.273 e. The molecule has 3 N–H and O–H groups in total. The van der Waals surface area contributed by atoms with Crippen molar-refractivity contribution in [3.05, 3.63) is 86.3 Å². The first-order valence-electron chi connectivity index (χ1n) is 8.90. The average Bonchev–Trinajstić information content (AvgIpc) is 2.74. The van der Waals surface area contributed by atoms with Gasteiger partial charge in [-0.1, -0.05) is 40.2 Å². The molecular weight excluding hydrogens is 514 g/mol. The molecule has 0 aliphatic rings. The lowest BCUT2D eigenvalue weighted by molar-refractivity contribution is 0.0956. The Morgan fingerprint density at radius 1 is 1.13 bits per heavy atom. The minimum atomic E-state index is -0.384. The van der Waals surface area contributed by atoms with E-state index >= 15 is 0 Å². The number of carbonyl (C=O) groups is 1. The maximum atomic E-state index is 12.2. The van der Waals surface area contributed by atoms with Crippen molar-refractivity contribution < 1.29 is 14.3 Å². The number of para-hydroxylation sites is 1. The highest BCUT2D eigenvalue weighted by atomic mass is 79.9. The Kier molecular flexibility index (Phi) is 7.48. The van der Waals surface area contributed by atoms with Crippen molar-refractivity contribution in [2.45, 2.75) is 6.61 Å². The Morgan fingerprint density at radius 2 is 1.87 bits per heavy atom. The Hall–Kier alpha value is -2.84. The van der Waals surface area contributed by atoms with Crippen LogP contribution in [-0.4, -0.2) is 19.2 Å². The minimum absolute atomic E-state index is 0.366. The summed E-state index contributed by atoms with van der Waals surface area (Å²) in [5, 5.41) is 4.01. The summed E-state index contributed by atoms with van der Waals surface area (Å²) in [4.78, 5) is 12.2. The molecule has 0 saturated heterocycles. The van der Waals surface area contributed by atoms with E-state index in [2.05, 4.69) is 42.4 Å². The summed E-state index contributed by atoms with van der Waals surface area (Å²) in [5.41, 5.74) is 10.8. The molecule has 0 atom stereocenters. The van der Waals surface area contributed by atoms with Crippen LogP contribution in [0.25, 0.3) is 0 Å². The zero-order valence-corrected chi connectivity index (χ0v) is 19.2. The average molecular weight is 533 g/mol. The number of nitrogens with zero attached hydrogens (tertiary/aromatic N) is 1. The lowest BCUT2D eigenvalue weighted by Gasteiger charge is -2.13. The molecule has 3 aromatic carbocycles. The number of benzene rings is 3. The number of anilines is 1. The highest BCUT2D eigenvalue weighted by molar-refractivity contribution is 9.10. The van der Waals surface area contributed by atoms with E-state index < -0.39 is 0 Å². The fraction of sp³-hybridized carbons (Fsp3) is 0.0909. The van der Waals surface area contributed by atoms with Crippen LogP contribution in [0.4, 0.5) is 5.69 Å². The van der Waals surface area contributed by atoms with Gasteiger partial charge in [-0.05, 0) is 63.5 Å². The number of amides is 1. The third kappa shape index (κ3) is 5.61. The minimum Gasteiger partial charge on any atom is -0.493 e. The predicted octanol–water partition coefficient (Wildman–Crippen LogP) is 5.15. The molecule has 6 nitrogen and oxygen atoms in total. The largest absolute Gasteiger partial charge is 0.493 e. The molecule has 1 amide bonds. The molecular formula is C22H19Br2N3O3. The van der Waals surface area contributed by atoms with E-state index in [9.17, 15) is 4.79 Å². The van der Waals surface area contributed by atoms with E-state index in [0.717, 1.165) is 15.6 Å². The van der Waals surface area contributed by atoms with Gasteiger partial charge in [0.25, 0.3) is 5.91 Å². The van der Waals surface area contributed by atoms with Gasteiger partial charge in [-0.25, -0.2) is 5.43 Å². The SMILES string of the molecule is COc1cc(/C=N\NC(=O)c2ccccc2N)cc(Br)c1OCc1ccc(Br)cc1. The van der Waals surface area contributed by atoms with Crippen LogP contribution in [0.5, 0.6) is 11.5 Å². The molecule has 154 valence electrons. The molecule has 0 saturated carbocycles. The Balaban J connectivity index is 1.70. The van der Waals surface area contributed by atoms with Crippen LogP contribution in [0.2, 0.25) is 0 Å². The molecule has 0 fully saturated rings. The molecule has 8 heteroatoms. The molecule has 3 aromatic rings. The molecule has 0 aliphatic heterocycles. The highest BCUT2D eigenvalue weighted by Crippen LogP contribution is 2.36. The third-order valence-corrected chi connectivity index (χ3v) is 5.25. The summed E-state index contributed by atoms with van der Waals surface area (Å²) in [7, 11) is 1.56. The van der Waals surface area contributed by atoms with Gasteiger partial charge >= 0.3 is 0 Å². The van der Waals surface area contributed by atoms with Gasteiger partial charge in [0, 0.05) is 10.2 Å². The monoisotopic (exact) mass is 531 g/mol. The smallest absolute Gasteiger partial charge is 0.273 e. The summed E-state index contributed by atoms with van der Waals surface area (Å²) in [6.45, 7) is 0.393. The van der Waals surface area contributed by atoms with Crippen LogP contribution in [-0.2, 0) is 6.61 Å². The molecule has 0 unspecified atom stereocenters. The van der Waals surface area contributed by atoms with Crippen molar-refractivity contribution >= 4 is 49.7 Å². The molecule has 0 aliphatic carbocycles. The normalized spacial score (nSPS) is 10.8. The standard InChI is InChI=1S/C22H19Br2N3O3/c1-29-20-11-15(12-26-27-22(28)17-4-2-3-5-19(17)25)10-18(24)21(20)30-13-14-6-8-16(23)9-7-14/h2-12H,13,25H2,1H3,(H,27,28)/b26-12-. The van der Waals surface area contributed by atoms with Crippen LogP contribution in [0.15, 0.2) is 74.7 Å². The van der Waals surface area contributed by atoms with Gasteiger partial charge in [0.05, 0.1) is 23.4 Å². The van der Waals surface area contributed by atoms with E-state index in [4.69, 9.17) is 15.2 Å². The Morgan fingerprint density at radius 3 is 2.57 bits per heavy atom. The van der Waals surface area contributed by atoms with Crippen molar-refractivity contribution in [3.8, 4) is 11.5 Å². The number of carbonyl (C=O) groups excluding carboxylic acids is 1. The van der Waals surface area contributed by atoms with Crippen molar-refractivity contribution in [2.75, 3.05) is 12.8 Å². The zero-order valence-electron chi connectivity index (χ0n) is 16.1. The number of nitrogen functional groups attached to an aromatic ring is 1. The Bertz CT molecular complexity index is 1070. The molecule has 0 aromatic heterocycles. The van der Waals surface area contributed by atoms with Gasteiger partial charge in [0.2, 0.25) is 0 Å². The first-order chi connectivity index (χ1) is 14.5. The number of hydrazone groups is 1. The van der Waals surface area contributed by atoms with Gasteiger partial charge < -0.3 is 15.2 Å². The van der Waals surface area contributed by atoms with Crippen LogP contribution in [0, 0.1) is 0 Å². The van der Waals surface area contributed by atoms with Crippen molar-refractivity contribution in [1.29, 1.82) is 0 Å². The fourth-order valence-electron chi connectivity index (χ4n) is 2.62. The summed E-state index contributed by atoms with van der Waals surface area (Å²) in [6.07, 6.45) is 1.52. The lowest BCUT2D eigenvalue weighted by atomic mass is 10.2. The number of halogens is 2. The van der Waals surface area contributed by atoms with Crippen LogP contribution >= 0.6 is 31.9 Å². The number of nitrogens with one attached hydrogen (secondary N) is 1. The van der Waals surface area contributed by atoms with Crippen molar-refractivity contribution in [1.82, 2.24) is 5.43 Å².